The summed E-state index contributed by atoms with van der Waals surface area (Å²) in [6, 6.07) is 7.01. The van der Waals surface area contributed by atoms with E-state index < -0.39 is 0 Å². The molecule has 1 aliphatic heterocycles. The third-order valence-electron chi connectivity index (χ3n) is 4.76. The zero-order valence-electron chi connectivity index (χ0n) is 16.7. The molecule has 3 rings (SSSR count). The van der Waals surface area contributed by atoms with Crippen LogP contribution in [0.15, 0.2) is 30.5 Å². The normalized spacial score (nSPS) is 14.5. The van der Waals surface area contributed by atoms with Crippen LogP contribution in [0.3, 0.4) is 0 Å². The van der Waals surface area contributed by atoms with Gasteiger partial charge in [-0.3, -0.25) is 4.79 Å². The van der Waals surface area contributed by atoms with E-state index in [1.807, 2.05) is 12.1 Å². The molecule has 8 nitrogen and oxygen atoms in total. The number of likely N-dealkylation sites (N-methyl/N-ethyl adjacent to an activating group) is 1. The average Bonchev–Trinajstić information content (AvgIpc) is 2.73. The molecule has 0 spiro atoms. The van der Waals surface area contributed by atoms with Crippen LogP contribution in [0.1, 0.15) is 10.4 Å². The van der Waals surface area contributed by atoms with Crippen LogP contribution in [0.4, 0.5) is 11.5 Å². The number of benzene rings is 1. The number of ether oxygens (including phenoxy) is 3. The van der Waals surface area contributed by atoms with Gasteiger partial charge in [0.05, 0.1) is 33.2 Å². The predicted molar refractivity (Wildman–Crippen MR) is 108 cm³/mol. The number of hydrogen-bond donors (Lipinski definition) is 1. The van der Waals surface area contributed by atoms with Crippen LogP contribution in [-0.4, -0.2) is 70.3 Å². The highest BCUT2D eigenvalue weighted by molar-refractivity contribution is 6.05. The quantitative estimate of drug-likeness (QED) is 0.815. The zero-order chi connectivity index (χ0) is 20.1. The smallest absolute Gasteiger partial charge is 0.255 e. The van der Waals surface area contributed by atoms with Crippen molar-refractivity contribution in [3.05, 3.63) is 36.0 Å². The number of hydrogen-bond acceptors (Lipinski definition) is 7. The molecule has 8 heteroatoms. The molecule has 1 aromatic heterocycles. The first-order valence-corrected chi connectivity index (χ1v) is 9.06. The molecule has 0 bridgehead atoms. The standard InChI is InChI=1S/C20H26N4O4/c1-23-7-9-24(10-8-23)18-6-5-15(13-21-18)22-20(25)14-11-16(26-2)19(28-4)17(12-14)27-3/h5-6,11-13H,7-10H2,1-4H3,(H,22,25). The Morgan fingerprint density at radius 1 is 1.00 bits per heavy atom. The minimum absolute atomic E-state index is 0.284. The van der Waals surface area contributed by atoms with Crippen molar-refractivity contribution in [3.63, 3.8) is 0 Å². The number of carbonyl (C=O) groups is 1. The van der Waals surface area contributed by atoms with E-state index in [4.69, 9.17) is 14.2 Å². The van der Waals surface area contributed by atoms with Crippen LogP contribution >= 0.6 is 0 Å². The van der Waals surface area contributed by atoms with E-state index in [-0.39, 0.29) is 5.91 Å². The number of pyridine rings is 1. The van der Waals surface area contributed by atoms with Crippen molar-refractivity contribution in [2.24, 2.45) is 0 Å². The molecule has 1 aromatic carbocycles. The lowest BCUT2D eigenvalue weighted by molar-refractivity contribution is 0.102. The Bertz CT molecular complexity index is 792. The number of carbonyl (C=O) groups excluding carboxylic acids is 1. The molecule has 2 aromatic rings. The molecule has 0 radical (unpaired) electrons. The number of rotatable bonds is 6. The second-order valence-electron chi connectivity index (χ2n) is 6.56. The van der Waals surface area contributed by atoms with Crippen LogP contribution in [-0.2, 0) is 0 Å². The van der Waals surface area contributed by atoms with Crippen molar-refractivity contribution in [1.29, 1.82) is 0 Å². The van der Waals surface area contributed by atoms with Crippen LogP contribution in [0.2, 0.25) is 0 Å². The first-order chi connectivity index (χ1) is 13.5. The summed E-state index contributed by atoms with van der Waals surface area (Å²) in [5, 5.41) is 2.86. The van der Waals surface area contributed by atoms with E-state index >= 15 is 0 Å². The Labute approximate surface area is 165 Å². The molecule has 1 aliphatic rings. The number of amides is 1. The summed E-state index contributed by atoms with van der Waals surface area (Å²) in [5.74, 6) is 1.93. The van der Waals surface area contributed by atoms with Gasteiger partial charge >= 0.3 is 0 Å². The van der Waals surface area contributed by atoms with Crippen molar-refractivity contribution in [2.45, 2.75) is 0 Å². The molecular weight excluding hydrogens is 360 g/mol. The van der Waals surface area contributed by atoms with Gasteiger partial charge < -0.3 is 29.3 Å². The largest absolute Gasteiger partial charge is 0.493 e. The highest BCUT2D eigenvalue weighted by Crippen LogP contribution is 2.38. The summed E-state index contributed by atoms with van der Waals surface area (Å²) in [5.41, 5.74) is 1.02. The maximum atomic E-state index is 12.7. The molecule has 0 saturated carbocycles. The van der Waals surface area contributed by atoms with Crippen molar-refractivity contribution in [2.75, 3.05) is 64.8 Å². The Kier molecular flexibility index (Phi) is 6.20. The van der Waals surface area contributed by atoms with E-state index in [0.717, 1.165) is 32.0 Å². The lowest BCUT2D eigenvalue weighted by Gasteiger charge is -2.33. The highest BCUT2D eigenvalue weighted by Gasteiger charge is 2.18. The Balaban J connectivity index is 1.72. The molecule has 2 heterocycles. The van der Waals surface area contributed by atoms with Gasteiger partial charge in [0.1, 0.15) is 5.82 Å². The first-order valence-electron chi connectivity index (χ1n) is 9.06. The number of piperazine rings is 1. The molecule has 150 valence electrons. The fourth-order valence-electron chi connectivity index (χ4n) is 3.10. The molecular formula is C20H26N4O4. The van der Waals surface area contributed by atoms with E-state index in [0.29, 0.717) is 28.5 Å². The molecule has 0 atom stereocenters. The Hall–Kier alpha value is -3.00. The Morgan fingerprint density at radius 3 is 2.14 bits per heavy atom. The summed E-state index contributed by atoms with van der Waals surface area (Å²) >= 11 is 0. The van der Waals surface area contributed by atoms with Gasteiger partial charge in [-0.2, -0.15) is 0 Å². The monoisotopic (exact) mass is 386 g/mol. The minimum atomic E-state index is -0.284. The second kappa shape index (κ2) is 8.79. The van der Waals surface area contributed by atoms with Crippen LogP contribution in [0, 0.1) is 0 Å². The number of anilines is 2. The summed E-state index contributed by atoms with van der Waals surface area (Å²) in [4.78, 5) is 21.7. The molecule has 0 aliphatic carbocycles. The number of nitrogens with one attached hydrogen (secondary N) is 1. The lowest BCUT2D eigenvalue weighted by Crippen LogP contribution is -2.44. The third kappa shape index (κ3) is 4.28. The fourth-order valence-corrected chi connectivity index (χ4v) is 3.10. The van der Waals surface area contributed by atoms with E-state index in [1.165, 1.54) is 21.3 Å². The average molecular weight is 386 g/mol. The SMILES string of the molecule is COc1cc(C(=O)Nc2ccc(N3CCN(C)CC3)nc2)cc(OC)c1OC. The summed E-state index contributed by atoms with van der Waals surface area (Å²) in [6.45, 7) is 3.92. The van der Waals surface area contributed by atoms with E-state index in [9.17, 15) is 4.79 Å². The molecule has 1 N–H and O–H groups in total. The maximum Gasteiger partial charge on any atom is 0.255 e. The van der Waals surface area contributed by atoms with Crippen molar-refractivity contribution in [1.82, 2.24) is 9.88 Å². The number of nitrogens with zero attached hydrogens (tertiary/aromatic N) is 3. The second-order valence-corrected chi connectivity index (χ2v) is 6.56. The molecule has 1 fully saturated rings. The van der Waals surface area contributed by atoms with Crippen molar-refractivity contribution < 1.29 is 19.0 Å². The van der Waals surface area contributed by atoms with E-state index in [2.05, 4.69) is 27.1 Å². The van der Waals surface area contributed by atoms with Gasteiger partial charge in [0.2, 0.25) is 5.75 Å². The van der Waals surface area contributed by atoms with Gasteiger partial charge in [-0.1, -0.05) is 0 Å². The van der Waals surface area contributed by atoms with Crippen molar-refractivity contribution in [3.8, 4) is 17.2 Å². The van der Waals surface area contributed by atoms with Crippen molar-refractivity contribution >= 4 is 17.4 Å². The highest BCUT2D eigenvalue weighted by atomic mass is 16.5. The lowest BCUT2D eigenvalue weighted by atomic mass is 10.1. The number of aromatic nitrogens is 1. The van der Waals surface area contributed by atoms with Gasteiger partial charge in [-0.25, -0.2) is 4.98 Å². The first kappa shape index (κ1) is 19.8. The summed E-state index contributed by atoms with van der Waals surface area (Å²) in [6.07, 6.45) is 1.67. The summed E-state index contributed by atoms with van der Waals surface area (Å²) < 4.78 is 15.9. The molecule has 1 amide bonds. The minimum Gasteiger partial charge on any atom is -0.493 e. The van der Waals surface area contributed by atoms with Crippen LogP contribution < -0.4 is 24.4 Å². The zero-order valence-corrected chi connectivity index (χ0v) is 16.7. The van der Waals surface area contributed by atoms with Gasteiger partial charge in [-0.05, 0) is 31.3 Å². The molecule has 28 heavy (non-hydrogen) atoms. The molecule has 0 unspecified atom stereocenters. The van der Waals surface area contributed by atoms with E-state index in [1.54, 1.807) is 18.3 Å². The van der Waals surface area contributed by atoms with Gasteiger partial charge in [-0.15, -0.1) is 0 Å². The van der Waals surface area contributed by atoms with Crippen LogP contribution in [0.5, 0.6) is 17.2 Å². The molecule has 1 saturated heterocycles. The Morgan fingerprint density at radius 2 is 1.64 bits per heavy atom. The topological polar surface area (TPSA) is 76.2 Å². The van der Waals surface area contributed by atoms with Gasteiger partial charge in [0.25, 0.3) is 5.91 Å². The van der Waals surface area contributed by atoms with Gasteiger partial charge in [0.15, 0.2) is 11.5 Å². The van der Waals surface area contributed by atoms with Crippen LogP contribution in [0.25, 0.3) is 0 Å². The summed E-state index contributed by atoms with van der Waals surface area (Å²) in [7, 11) is 6.67. The predicted octanol–water partition coefficient (Wildman–Crippen LogP) is 2.11. The fraction of sp³-hybridized carbons (Fsp3) is 0.400. The third-order valence-corrected chi connectivity index (χ3v) is 4.76. The van der Waals surface area contributed by atoms with Gasteiger partial charge in [0, 0.05) is 31.7 Å². The number of methoxy groups -OCH3 is 3. The maximum absolute atomic E-state index is 12.7.